The lowest BCUT2D eigenvalue weighted by molar-refractivity contribution is -0.103. The van der Waals surface area contributed by atoms with Gasteiger partial charge in [-0.1, -0.05) is 6.92 Å². The minimum Gasteiger partial charge on any atom is -0.378 e. The summed E-state index contributed by atoms with van der Waals surface area (Å²) in [6, 6.07) is 0. The Morgan fingerprint density at radius 3 is 2.43 bits per heavy atom. The van der Waals surface area contributed by atoms with Crippen molar-refractivity contribution < 1.29 is 4.74 Å². The van der Waals surface area contributed by atoms with Gasteiger partial charge in [0.15, 0.2) is 0 Å². The molecule has 0 aromatic heterocycles. The van der Waals surface area contributed by atoms with Gasteiger partial charge in [-0.2, -0.15) is 0 Å². The summed E-state index contributed by atoms with van der Waals surface area (Å²) < 4.78 is 5.13. The van der Waals surface area contributed by atoms with Crippen LogP contribution in [0.4, 0.5) is 0 Å². The third-order valence-corrected chi connectivity index (χ3v) is 1.76. The van der Waals surface area contributed by atoms with Crippen LogP contribution in [0.5, 0.6) is 0 Å². The predicted molar refractivity (Wildman–Crippen MR) is 29.2 cm³/mol. The first-order valence-corrected chi connectivity index (χ1v) is 2.96. The van der Waals surface area contributed by atoms with Crippen molar-refractivity contribution in [3.63, 3.8) is 0 Å². The molecule has 1 aliphatic rings. The minimum atomic E-state index is 0.546. The van der Waals surface area contributed by atoms with E-state index in [9.17, 15) is 0 Å². The molecule has 0 amide bonds. The lowest BCUT2D eigenvalue weighted by atomic mass is 9.97. The highest BCUT2D eigenvalue weighted by molar-refractivity contribution is 4.72. The van der Waals surface area contributed by atoms with Gasteiger partial charge in [-0.05, 0) is 13.3 Å². The lowest BCUT2D eigenvalue weighted by Crippen LogP contribution is -2.36. The van der Waals surface area contributed by atoms with Crippen molar-refractivity contribution in [1.82, 2.24) is 0 Å². The Kier molecular flexibility index (Phi) is 1.33. The zero-order valence-electron chi connectivity index (χ0n) is 4.98. The highest BCUT2D eigenvalue weighted by Gasteiger charge is 2.25. The fourth-order valence-corrected chi connectivity index (χ4v) is 0.875. The van der Waals surface area contributed by atoms with Crippen molar-refractivity contribution >= 4 is 0 Å². The fourth-order valence-electron chi connectivity index (χ4n) is 0.875. The first-order chi connectivity index (χ1) is 3.34. The van der Waals surface area contributed by atoms with Crippen LogP contribution in [0.1, 0.15) is 20.3 Å². The average molecular weight is 100 g/mol. The molecule has 1 heterocycles. The van der Waals surface area contributed by atoms with Crippen molar-refractivity contribution in [1.29, 1.82) is 0 Å². The molecule has 2 atom stereocenters. The zero-order valence-corrected chi connectivity index (χ0v) is 4.98. The Morgan fingerprint density at radius 2 is 2.43 bits per heavy atom. The summed E-state index contributed by atoms with van der Waals surface area (Å²) in [5.41, 5.74) is 0. The molecule has 0 aromatic rings. The molecule has 0 radical (unpaired) electrons. The van der Waals surface area contributed by atoms with Crippen LogP contribution in [0.3, 0.4) is 0 Å². The molecule has 1 heteroatoms. The molecule has 2 unspecified atom stereocenters. The van der Waals surface area contributed by atoms with Crippen LogP contribution in [0.15, 0.2) is 0 Å². The fraction of sp³-hybridized carbons (Fsp3) is 1.00. The Balaban J connectivity index is 2.16. The Morgan fingerprint density at radius 1 is 1.71 bits per heavy atom. The van der Waals surface area contributed by atoms with Crippen LogP contribution in [0.25, 0.3) is 0 Å². The monoisotopic (exact) mass is 100 g/mol. The number of ether oxygens (including phenoxy) is 1. The standard InChI is InChI=1S/C6H12O/c1-3-6-4-7-5(6)2/h5-6H,3-4H2,1-2H3. The second-order valence-corrected chi connectivity index (χ2v) is 2.21. The van der Waals surface area contributed by atoms with E-state index in [0.717, 1.165) is 12.5 Å². The van der Waals surface area contributed by atoms with E-state index in [1.165, 1.54) is 6.42 Å². The van der Waals surface area contributed by atoms with Gasteiger partial charge < -0.3 is 4.74 Å². The third kappa shape index (κ3) is 0.778. The summed E-state index contributed by atoms with van der Waals surface area (Å²) in [5, 5.41) is 0. The minimum absolute atomic E-state index is 0.546. The van der Waals surface area contributed by atoms with Crippen molar-refractivity contribution in [2.75, 3.05) is 6.61 Å². The van der Waals surface area contributed by atoms with Crippen molar-refractivity contribution in [3.8, 4) is 0 Å². The van der Waals surface area contributed by atoms with E-state index in [1.54, 1.807) is 0 Å². The van der Waals surface area contributed by atoms with Gasteiger partial charge in [0.1, 0.15) is 0 Å². The Labute approximate surface area is 44.7 Å². The van der Waals surface area contributed by atoms with Crippen LogP contribution in [0.2, 0.25) is 0 Å². The largest absolute Gasteiger partial charge is 0.378 e. The second-order valence-electron chi connectivity index (χ2n) is 2.21. The summed E-state index contributed by atoms with van der Waals surface area (Å²) in [5.74, 6) is 0.861. The van der Waals surface area contributed by atoms with E-state index in [2.05, 4.69) is 13.8 Å². The van der Waals surface area contributed by atoms with E-state index < -0.39 is 0 Å². The van der Waals surface area contributed by atoms with Crippen LogP contribution >= 0.6 is 0 Å². The Bertz CT molecular complexity index is 59.2. The molecule has 42 valence electrons. The van der Waals surface area contributed by atoms with Crippen LogP contribution in [-0.2, 0) is 4.74 Å². The highest BCUT2D eigenvalue weighted by Crippen LogP contribution is 2.21. The van der Waals surface area contributed by atoms with Gasteiger partial charge in [0.2, 0.25) is 0 Å². The molecular formula is C6H12O. The molecular weight excluding hydrogens is 88.1 g/mol. The molecule has 0 aliphatic carbocycles. The summed E-state index contributed by atoms with van der Waals surface area (Å²) in [6.45, 7) is 5.35. The summed E-state index contributed by atoms with van der Waals surface area (Å²) in [4.78, 5) is 0. The van der Waals surface area contributed by atoms with E-state index in [4.69, 9.17) is 4.74 Å². The van der Waals surface area contributed by atoms with Crippen LogP contribution in [0, 0.1) is 5.92 Å². The topological polar surface area (TPSA) is 9.23 Å². The molecule has 1 nitrogen and oxygen atoms in total. The smallest absolute Gasteiger partial charge is 0.0597 e. The average Bonchev–Trinajstić information content (AvgIpc) is 1.65. The third-order valence-electron chi connectivity index (χ3n) is 1.76. The molecule has 1 fully saturated rings. The van der Waals surface area contributed by atoms with E-state index >= 15 is 0 Å². The Hall–Kier alpha value is -0.0400. The van der Waals surface area contributed by atoms with Gasteiger partial charge in [0.05, 0.1) is 12.7 Å². The van der Waals surface area contributed by atoms with Gasteiger partial charge in [0, 0.05) is 5.92 Å². The van der Waals surface area contributed by atoms with Gasteiger partial charge in [-0.3, -0.25) is 0 Å². The summed E-state index contributed by atoms with van der Waals surface area (Å²) in [7, 11) is 0. The van der Waals surface area contributed by atoms with Crippen molar-refractivity contribution in [2.45, 2.75) is 26.4 Å². The molecule has 0 saturated carbocycles. The summed E-state index contributed by atoms with van der Waals surface area (Å²) in [6.07, 6.45) is 1.83. The molecule has 0 spiro atoms. The maximum Gasteiger partial charge on any atom is 0.0597 e. The van der Waals surface area contributed by atoms with E-state index in [1.807, 2.05) is 0 Å². The number of hydrogen-bond donors (Lipinski definition) is 0. The SMILES string of the molecule is CCC1COC1C. The van der Waals surface area contributed by atoms with Gasteiger partial charge in [0.25, 0.3) is 0 Å². The second kappa shape index (κ2) is 1.83. The predicted octanol–water partition coefficient (Wildman–Crippen LogP) is 1.43. The molecule has 0 aromatic carbocycles. The zero-order chi connectivity index (χ0) is 5.28. The molecule has 1 saturated heterocycles. The van der Waals surface area contributed by atoms with Crippen LogP contribution < -0.4 is 0 Å². The maximum absolute atomic E-state index is 5.13. The first kappa shape index (κ1) is 5.10. The highest BCUT2D eigenvalue weighted by atomic mass is 16.5. The molecule has 0 N–H and O–H groups in total. The van der Waals surface area contributed by atoms with Crippen LogP contribution in [-0.4, -0.2) is 12.7 Å². The van der Waals surface area contributed by atoms with E-state index in [0.29, 0.717) is 6.10 Å². The molecule has 7 heavy (non-hydrogen) atoms. The first-order valence-electron chi connectivity index (χ1n) is 2.96. The van der Waals surface area contributed by atoms with Crippen molar-refractivity contribution in [3.05, 3.63) is 0 Å². The molecule has 0 bridgehead atoms. The number of hydrogen-bond acceptors (Lipinski definition) is 1. The van der Waals surface area contributed by atoms with E-state index in [-0.39, 0.29) is 0 Å². The quantitative estimate of drug-likeness (QED) is 0.484. The van der Waals surface area contributed by atoms with Crippen molar-refractivity contribution in [2.24, 2.45) is 5.92 Å². The molecule has 1 aliphatic heterocycles. The molecule has 1 rings (SSSR count). The summed E-state index contributed by atoms with van der Waals surface area (Å²) >= 11 is 0. The normalized spacial score (nSPS) is 40.3. The van der Waals surface area contributed by atoms with Gasteiger partial charge >= 0.3 is 0 Å². The van der Waals surface area contributed by atoms with Gasteiger partial charge in [-0.25, -0.2) is 0 Å². The number of rotatable bonds is 1. The lowest BCUT2D eigenvalue weighted by Gasteiger charge is -2.33. The maximum atomic E-state index is 5.13. The van der Waals surface area contributed by atoms with Gasteiger partial charge in [-0.15, -0.1) is 0 Å².